The van der Waals surface area contributed by atoms with Crippen LogP contribution in [0.4, 0.5) is 5.69 Å². The van der Waals surface area contributed by atoms with Crippen molar-refractivity contribution in [3.05, 3.63) is 63.8 Å². The molecule has 3 aromatic rings. The van der Waals surface area contributed by atoms with E-state index >= 15 is 0 Å². The fourth-order valence-corrected chi connectivity index (χ4v) is 4.88. The Hall–Kier alpha value is -1.82. The van der Waals surface area contributed by atoms with Crippen molar-refractivity contribution in [2.75, 3.05) is 18.5 Å². The molecule has 5 rings (SSSR count). The van der Waals surface area contributed by atoms with Crippen LogP contribution in [0.3, 0.4) is 0 Å². The first kappa shape index (κ1) is 16.4. The number of nitrogens with one attached hydrogen (secondary N) is 2. The van der Waals surface area contributed by atoms with Gasteiger partial charge >= 0.3 is 0 Å². The minimum Gasteiger partial charge on any atom is -0.377 e. The molecule has 2 aliphatic heterocycles. The van der Waals surface area contributed by atoms with Crippen LogP contribution in [0.25, 0.3) is 10.9 Å². The average molecular weight is 412 g/mol. The summed E-state index contributed by atoms with van der Waals surface area (Å²) < 4.78 is 7.29. The van der Waals surface area contributed by atoms with Crippen LogP contribution >= 0.6 is 15.9 Å². The second-order valence-electron chi connectivity index (χ2n) is 7.26. The number of nitrogens with two attached hydrogens (primary N) is 1. The minimum absolute atomic E-state index is 0.158. The number of rotatable bonds is 3. The number of hydrogen-bond donors (Lipinski definition) is 3. The van der Waals surface area contributed by atoms with Crippen molar-refractivity contribution in [2.24, 2.45) is 11.7 Å². The van der Waals surface area contributed by atoms with E-state index < -0.39 is 0 Å². The number of anilines is 1. The summed E-state index contributed by atoms with van der Waals surface area (Å²) in [5.41, 5.74) is 12.0. The van der Waals surface area contributed by atoms with Gasteiger partial charge in [-0.05, 0) is 49.2 Å². The van der Waals surface area contributed by atoms with Gasteiger partial charge < -0.3 is 20.8 Å². The molecule has 1 saturated heterocycles. The summed E-state index contributed by atoms with van der Waals surface area (Å²) in [4.78, 5) is 3.43. The lowest BCUT2D eigenvalue weighted by Gasteiger charge is -2.36. The van der Waals surface area contributed by atoms with Crippen LogP contribution in [0, 0.1) is 5.92 Å². The highest BCUT2D eigenvalue weighted by Crippen LogP contribution is 2.51. The first-order valence-electron chi connectivity index (χ1n) is 9.22. The van der Waals surface area contributed by atoms with Crippen molar-refractivity contribution >= 4 is 32.5 Å². The SMILES string of the molecule is NCCc1ccc2c(c1)C1OCCC1C(c1c[nH]c3ccc(Br)cc13)N2. The number of H-pyrrole nitrogens is 1. The molecule has 0 spiro atoms. The lowest BCUT2D eigenvalue weighted by atomic mass is 9.80. The summed E-state index contributed by atoms with van der Waals surface area (Å²) in [5.74, 6) is 0.439. The molecule has 3 atom stereocenters. The summed E-state index contributed by atoms with van der Waals surface area (Å²) >= 11 is 3.61. The first-order valence-corrected chi connectivity index (χ1v) is 10.0. The monoisotopic (exact) mass is 411 g/mol. The molecule has 3 unspecified atom stereocenters. The Labute approximate surface area is 161 Å². The van der Waals surface area contributed by atoms with Crippen LogP contribution in [0.2, 0.25) is 0 Å². The average Bonchev–Trinajstić information content (AvgIpc) is 3.28. The number of benzene rings is 2. The Balaban J connectivity index is 1.59. The second kappa shape index (κ2) is 6.41. The molecule has 5 heteroatoms. The zero-order valence-electron chi connectivity index (χ0n) is 14.5. The van der Waals surface area contributed by atoms with Gasteiger partial charge in [0.1, 0.15) is 0 Å². The standard InChI is InChI=1S/C21H22BrN3O/c22-13-2-4-18-15(10-13)17(11-24-18)20-14-6-8-26-21(14)16-9-12(5-7-23)1-3-19(16)25-20/h1-4,9-11,14,20-21,24-25H,5-8,23H2. The van der Waals surface area contributed by atoms with Gasteiger partial charge in [-0.3, -0.25) is 0 Å². The van der Waals surface area contributed by atoms with Gasteiger partial charge in [-0.1, -0.05) is 28.1 Å². The molecule has 134 valence electrons. The quantitative estimate of drug-likeness (QED) is 0.586. The van der Waals surface area contributed by atoms with Crippen LogP contribution in [-0.2, 0) is 11.2 Å². The highest BCUT2D eigenvalue weighted by Gasteiger charge is 2.42. The third kappa shape index (κ3) is 2.57. The Morgan fingerprint density at radius 3 is 2.96 bits per heavy atom. The smallest absolute Gasteiger partial charge is 0.0896 e. The van der Waals surface area contributed by atoms with Crippen LogP contribution in [-0.4, -0.2) is 18.1 Å². The van der Waals surface area contributed by atoms with Gasteiger partial charge in [0, 0.05) is 50.9 Å². The molecule has 1 aromatic heterocycles. The van der Waals surface area contributed by atoms with Crippen molar-refractivity contribution in [1.29, 1.82) is 0 Å². The lowest BCUT2D eigenvalue weighted by Crippen LogP contribution is -2.29. The number of aromatic nitrogens is 1. The number of halogens is 1. The molecule has 4 N–H and O–H groups in total. The topological polar surface area (TPSA) is 63.1 Å². The maximum Gasteiger partial charge on any atom is 0.0896 e. The van der Waals surface area contributed by atoms with Crippen LogP contribution in [0.5, 0.6) is 0 Å². The molecule has 1 fully saturated rings. The lowest BCUT2D eigenvalue weighted by molar-refractivity contribution is 0.0830. The number of aromatic amines is 1. The van der Waals surface area contributed by atoms with Crippen molar-refractivity contribution < 1.29 is 4.74 Å². The molecule has 2 aliphatic rings. The third-order valence-corrected chi connectivity index (χ3v) is 6.24. The minimum atomic E-state index is 0.158. The van der Waals surface area contributed by atoms with Crippen molar-refractivity contribution in [2.45, 2.75) is 25.0 Å². The highest BCUT2D eigenvalue weighted by atomic mass is 79.9. The maximum absolute atomic E-state index is 6.19. The molecule has 2 aromatic carbocycles. The zero-order valence-corrected chi connectivity index (χ0v) is 16.1. The largest absolute Gasteiger partial charge is 0.377 e. The Morgan fingerprint density at radius 1 is 1.15 bits per heavy atom. The van der Waals surface area contributed by atoms with Gasteiger partial charge in [-0.2, -0.15) is 0 Å². The Kier molecular flexibility index (Phi) is 4.03. The molecular formula is C21H22BrN3O. The van der Waals surface area contributed by atoms with E-state index in [1.807, 2.05) is 0 Å². The number of ether oxygens (including phenoxy) is 1. The van der Waals surface area contributed by atoms with Gasteiger partial charge in [-0.25, -0.2) is 0 Å². The summed E-state index contributed by atoms with van der Waals surface area (Å²) in [7, 11) is 0. The van der Waals surface area contributed by atoms with E-state index in [2.05, 4.69) is 68.8 Å². The van der Waals surface area contributed by atoms with E-state index in [4.69, 9.17) is 10.5 Å². The summed E-state index contributed by atoms with van der Waals surface area (Å²) in [6, 6.07) is 13.3. The number of fused-ring (bicyclic) bond motifs is 4. The van der Waals surface area contributed by atoms with Crippen LogP contribution in [0.1, 0.15) is 35.3 Å². The molecule has 26 heavy (non-hydrogen) atoms. The zero-order chi connectivity index (χ0) is 17.7. The maximum atomic E-state index is 6.19. The third-order valence-electron chi connectivity index (χ3n) is 5.74. The van der Waals surface area contributed by atoms with Crippen LogP contribution < -0.4 is 11.1 Å². The van der Waals surface area contributed by atoms with E-state index in [-0.39, 0.29) is 12.1 Å². The van der Waals surface area contributed by atoms with Crippen molar-refractivity contribution in [3.63, 3.8) is 0 Å². The predicted octanol–water partition coefficient (Wildman–Crippen LogP) is 4.68. The Morgan fingerprint density at radius 2 is 2.08 bits per heavy atom. The molecule has 0 bridgehead atoms. The van der Waals surface area contributed by atoms with Gasteiger partial charge in [-0.15, -0.1) is 0 Å². The molecule has 4 nitrogen and oxygen atoms in total. The van der Waals surface area contributed by atoms with E-state index in [1.54, 1.807) is 0 Å². The predicted molar refractivity (Wildman–Crippen MR) is 108 cm³/mol. The molecular weight excluding hydrogens is 390 g/mol. The fourth-order valence-electron chi connectivity index (χ4n) is 4.52. The highest BCUT2D eigenvalue weighted by molar-refractivity contribution is 9.10. The van der Waals surface area contributed by atoms with E-state index in [1.165, 1.54) is 33.3 Å². The Bertz CT molecular complexity index is 967. The van der Waals surface area contributed by atoms with E-state index in [0.717, 1.165) is 23.9 Å². The summed E-state index contributed by atoms with van der Waals surface area (Å²) in [5, 5.41) is 5.07. The van der Waals surface area contributed by atoms with E-state index in [9.17, 15) is 0 Å². The van der Waals surface area contributed by atoms with E-state index in [0.29, 0.717) is 12.5 Å². The molecule has 3 heterocycles. The summed E-state index contributed by atoms with van der Waals surface area (Å²) in [6.07, 6.45) is 4.29. The van der Waals surface area contributed by atoms with Gasteiger partial charge in [0.05, 0.1) is 12.1 Å². The van der Waals surface area contributed by atoms with Gasteiger partial charge in [0.25, 0.3) is 0 Å². The fraction of sp³-hybridized carbons (Fsp3) is 0.333. The molecule has 0 saturated carbocycles. The van der Waals surface area contributed by atoms with Gasteiger partial charge in [0.2, 0.25) is 0 Å². The van der Waals surface area contributed by atoms with Gasteiger partial charge in [0.15, 0.2) is 0 Å². The summed E-state index contributed by atoms with van der Waals surface area (Å²) in [6.45, 7) is 1.49. The molecule has 0 amide bonds. The second-order valence-corrected chi connectivity index (χ2v) is 8.18. The molecule has 0 radical (unpaired) electrons. The molecule has 0 aliphatic carbocycles. The number of hydrogen-bond acceptors (Lipinski definition) is 3. The normalized spacial score (nSPS) is 24.3. The van der Waals surface area contributed by atoms with Crippen molar-refractivity contribution in [1.82, 2.24) is 4.98 Å². The van der Waals surface area contributed by atoms with Crippen molar-refractivity contribution in [3.8, 4) is 0 Å². The first-order chi connectivity index (χ1) is 12.7. The van der Waals surface area contributed by atoms with Crippen LogP contribution in [0.15, 0.2) is 47.1 Å².